The van der Waals surface area contributed by atoms with Crippen LogP contribution >= 0.6 is 11.3 Å². The summed E-state index contributed by atoms with van der Waals surface area (Å²) in [6, 6.07) is 0. The van der Waals surface area contributed by atoms with Crippen LogP contribution < -0.4 is 0 Å². The van der Waals surface area contributed by atoms with E-state index >= 15 is 0 Å². The van der Waals surface area contributed by atoms with Crippen LogP contribution in [0.4, 0.5) is 0 Å². The number of aryl methyl sites for hydroxylation is 1. The number of ether oxygens (including phenoxy) is 2. The van der Waals surface area contributed by atoms with Gasteiger partial charge in [0.2, 0.25) is 0 Å². The minimum atomic E-state index is -0.127. The Morgan fingerprint density at radius 2 is 2.50 bits per heavy atom. The third kappa shape index (κ3) is 2.85. The minimum Gasteiger partial charge on any atom is -0.380 e. The molecule has 0 saturated carbocycles. The van der Waals surface area contributed by atoms with Gasteiger partial charge in [0.05, 0.1) is 48.9 Å². The van der Waals surface area contributed by atoms with E-state index in [9.17, 15) is 4.79 Å². The van der Waals surface area contributed by atoms with Crippen molar-refractivity contribution < 1.29 is 18.8 Å². The molecule has 0 radical (unpaired) electrons. The number of rotatable bonds is 5. The fourth-order valence-electron chi connectivity index (χ4n) is 3.52. The van der Waals surface area contributed by atoms with Crippen molar-refractivity contribution in [2.45, 2.75) is 13.5 Å². The van der Waals surface area contributed by atoms with Crippen molar-refractivity contribution in [3.8, 4) is 0 Å². The summed E-state index contributed by atoms with van der Waals surface area (Å²) >= 11 is 1.62. The van der Waals surface area contributed by atoms with Gasteiger partial charge < -0.3 is 18.9 Å². The van der Waals surface area contributed by atoms with Crippen LogP contribution in [0.15, 0.2) is 22.4 Å². The van der Waals surface area contributed by atoms with Gasteiger partial charge in [0.15, 0.2) is 0 Å². The Bertz CT molecular complexity index is 717. The van der Waals surface area contributed by atoms with Gasteiger partial charge >= 0.3 is 0 Å². The van der Waals surface area contributed by atoms with Crippen LogP contribution in [0.1, 0.15) is 21.1 Å². The van der Waals surface area contributed by atoms with E-state index in [1.165, 1.54) is 12.5 Å². The molecule has 2 saturated heterocycles. The van der Waals surface area contributed by atoms with E-state index in [0.717, 1.165) is 10.7 Å². The Balaban J connectivity index is 1.40. The molecule has 2 aromatic rings. The molecule has 2 atom stereocenters. The van der Waals surface area contributed by atoms with Crippen LogP contribution in [0.2, 0.25) is 0 Å². The molecule has 0 spiro atoms. The molecule has 1 amide bonds. The van der Waals surface area contributed by atoms with Crippen molar-refractivity contribution in [2.24, 2.45) is 11.3 Å². The van der Waals surface area contributed by atoms with Gasteiger partial charge in [-0.15, -0.1) is 11.3 Å². The largest absolute Gasteiger partial charge is 0.380 e. The predicted octanol–water partition coefficient (Wildman–Crippen LogP) is 1.74. The molecule has 2 aliphatic rings. The van der Waals surface area contributed by atoms with Crippen molar-refractivity contribution >= 4 is 17.2 Å². The van der Waals surface area contributed by atoms with Crippen LogP contribution in [0.25, 0.3) is 0 Å². The van der Waals surface area contributed by atoms with E-state index in [1.807, 2.05) is 17.2 Å². The van der Waals surface area contributed by atoms with Crippen molar-refractivity contribution in [1.29, 1.82) is 0 Å². The number of nitrogens with zero attached hydrogens (tertiary/aromatic N) is 3. The van der Waals surface area contributed by atoms with Crippen LogP contribution in [0.3, 0.4) is 0 Å². The second kappa shape index (κ2) is 6.27. The van der Waals surface area contributed by atoms with Gasteiger partial charge in [-0.25, -0.2) is 4.98 Å². The van der Waals surface area contributed by atoms with Crippen LogP contribution in [-0.2, 0) is 16.1 Å². The number of hydrogen-bond donors (Lipinski definition) is 0. The van der Waals surface area contributed by atoms with Gasteiger partial charge in [-0.3, -0.25) is 4.79 Å². The highest BCUT2D eigenvalue weighted by Crippen LogP contribution is 2.42. The van der Waals surface area contributed by atoms with Crippen LogP contribution in [-0.4, -0.2) is 53.9 Å². The van der Waals surface area contributed by atoms with Gasteiger partial charge in [0.25, 0.3) is 5.91 Å². The van der Waals surface area contributed by atoms with E-state index in [1.54, 1.807) is 11.3 Å². The highest BCUT2D eigenvalue weighted by atomic mass is 32.1. The monoisotopic (exact) mass is 349 g/mol. The highest BCUT2D eigenvalue weighted by molar-refractivity contribution is 7.09. The molecule has 0 unspecified atom stereocenters. The summed E-state index contributed by atoms with van der Waals surface area (Å²) in [5, 5.41) is 6.67. The molecule has 0 bridgehead atoms. The molecule has 2 fully saturated rings. The summed E-state index contributed by atoms with van der Waals surface area (Å²) in [4.78, 5) is 18.8. The molecule has 4 heterocycles. The van der Waals surface area contributed by atoms with Gasteiger partial charge in [-0.05, 0) is 6.92 Å². The molecule has 2 aromatic heterocycles. The first-order valence-electron chi connectivity index (χ1n) is 7.91. The Labute approximate surface area is 143 Å². The zero-order chi connectivity index (χ0) is 16.6. The topological polar surface area (TPSA) is 77.7 Å². The van der Waals surface area contributed by atoms with Crippen molar-refractivity contribution in [3.63, 3.8) is 0 Å². The van der Waals surface area contributed by atoms with Crippen molar-refractivity contribution in [2.75, 3.05) is 32.9 Å². The lowest BCUT2D eigenvalue weighted by Crippen LogP contribution is -2.37. The van der Waals surface area contributed by atoms with Crippen molar-refractivity contribution in [3.05, 3.63) is 34.1 Å². The lowest BCUT2D eigenvalue weighted by Gasteiger charge is -2.26. The molecule has 128 valence electrons. The normalized spacial score (nSPS) is 26.0. The maximum atomic E-state index is 12.5. The molecular weight excluding hydrogens is 330 g/mol. The number of fused-ring (bicyclic) bond motifs is 1. The summed E-state index contributed by atoms with van der Waals surface area (Å²) in [6.07, 6.45) is 2.85. The molecule has 2 aliphatic heterocycles. The number of carbonyl (C=O) groups excluding carboxylic acids is 1. The smallest absolute Gasteiger partial charge is 0.258 e. The molecule has 7 nitrogen and oxygen atoms in total. The number of carbonyl (C=O) groups is 1. The summed E-state index contributed by atoms with van der Waals surface area (Å²) in [5.41, 5.74) is 1.32. The average Bonchev–Trinajstić information content (AvgIpc) is 3.29. The Hall–Kier alpha value is -1.77. The number of thiazole rings is 1. The molecule has 8 heteroatoms. The lowest BCUT2D eigenvalue weighted by molar-refractivity contribution is 0.0176. The van der Waals surface area contributed by atoms with E-state index in [2.05, 4.69) is 10.1 Å². The molecule has 0 aromatic carbocycles. The zero-order valence-electron chi connectivity index (χ0n) is 13.4. The number of hydrogen-bond acceptors (Lipinski definition) is 7. The molecule has 24 heavy (non-hydrogen) atoms. The van der Waals surface area contributed by atoms with E-state index in [0.29, 0.717) is 51.0 Å². The Morgan fingerprint density at radius 3 is 3.25 bits per heavy atom. The predicted molar refractivity (Wildman–Crippen MR) is 85.7 cm³/mol. The third-order valence-electron chi connectivity index (χ3n) is 4.79. The number of likely N-dealkylation sites (tertiary alicyclic amines) is 1. The van der Waals surface area contributed by atoms with Crippen LogP contribution in [0, 0.1) is 18.3 Å². The van der Waals surface area contributed by atoms with Gasteiger partial charge in [-0.1, -0.05) is 5.16 Å². The summed E-state index contributed by atoms with van der Waals surface area (Å²) < 4.78 is 16.4. The fraction of sp³-hybridized carbons (Fsp3) is 0.562. The second-order valence-corrected chi connectivity index (χ2v) is 7.59. The van der Waals surface area contributed by atoms with Gasteiger partial charge in [0, 0.05) is 29.8 Å². The molecule has 4 rings (SSSR count). The minimum absolute atomic E-state index is 0.0415. The van der Waals surface area contributed by atoms with E-state index < -0.39 is 0 Å². The standard InChI is InChI=1S/C16H19N3O4S/c1-11-18-14(7-24-11)6-22-10-16-8-19(3-13(16)5-21-9-16)15(20)12-2-17-23-4-12/h2,4,7,13H,3,5-6,8-10H2,1H3/t13-,16+/m1/s1. The Kier molecular flexibility index (Phi) is 4.11. The maximum Gasteiger partial charge on any atom is 0.258 e. The van der Waals surface area contributed by atoms with Crippen molar-refractivity contribution in [1.82, 2.24) is 15.0 Å². The van der Waals surface area contributed by atoms with E-state index in [4.69, 9.17) is 14.0 Å². The summed E-state index contributed by atoms with van der Waals surface area (Å²) in [5.74, 6) is 0.263. The molecule has 0 N–H and O–H groups in total. The third-order valence-corrected chi connectivity index (χ3v) is 5.62. The summed E-state index contributed by atoms with van der Waals surface area (Å²) in [6.45, 7) is 5.67. The SMILES string of the molecule is Cc1nc(COC[C@]23COC[C@H]2CN(C(=O)c2cnoc2)C3)cs1. The number of aromatic nitrogens is 2. The molecular formula is C16H19N3O4S. The maximum absolute atomic E-state index is 12.5. The fourth-order valence-corrected chi connectivity index (χ4v) is 4.11. The quantitative estimate of drug-likeness (QED) is 0.818. The van der Waals surface area contributed by atoms with E-state index in [-0.39, 0.29) is 11.3 Å². The van der Waals surface area contributed by atoms with Crippen LogP contribution in [0.5, 0.6) is 0 Å². The first-order chi connectivity index (χ1) is 11.7. The second-order valence-electron chi connectivity index (χ2n) is 6.52. The average molecular weight is 349 g/mol. The zero-order valence-corrected chi connectivity index (χ0v) is 14.3. The molecule has 0 aliphatic carbocycles. The Morgan fingerprint density at radius 1 is 1.58 bits per heavy atom. The highest BCUT2D eigenvalue weighted by Gasteiger charge is 2.52. The summed E-state index contributed by atoms with van der Waals surface area (Å²) in [7, 11) is 0. The lowest BCUT2D eigenvalue weighted by atomic mass is 9.82. The first kappa shape index (κ1) is 15.7. The number of amides is 1. The first-order valence-corrected chi connectivity index (χ1v) is 8.79. The van der Waals surface area contributed by atoms with Gasteiger partial charge in [-0.2, -0.15) is 0 Å². The van der Waals surface area contributed by atoms with Gasteiger partial charge in [0.1, 0.15) is 6.26 Å².